The minimum Gasteiger partial charge on any atom is -0.492 e. The van der Waals surface area contributed by atoms with Crippen molar-refractivity contribution in [2.24, 2.45) is 0 Å². The molecule has 2 aromatic carbocycles. The van der Waals surface area contributed by atoms with Gasteiger partial charge in [-0.15, -0.1) is 0 Å². The Kier molecular flexibility index (Phi) is 10.4. The molecule has 0 aliphatic heterocycles. The van der Waals surface area contributed by atoms with Crippen LogP contribution < -0.4 is 9.47 Å². The molecule has 0 amide bonds. The first-order chi connectivity index (χ1) is 14.2. The van der Waals surface area contributed by atoms with Gasteiger partial charge < -0.3 is 18.5 Å². The summed E-state index contributed by atoms with van der Waals surface area (Å²) in [6.45, 7) is 8.74. The molecular weight excluding hydrogens is 629 g/mol. The zero-order chi connectivity index (χ0) is 22.3. The van der Waals surface area contributed by atoms with Gasteiger partial charge in [0.2, 0.25) is 0 Å². The third-order valence-corrected chi connectivity index (χ3v) is 8.47. The van der Waals surface area contributed by atoms with Crippen molar-refractivity contribution in [3.8, 4) is 17.2 Å². The molecule has 5 nitrogen and oxygen atoms in total. The van der Waals surface area contributed by atoms with Crippen LogP contribution in [0, 0.1) is 7.14 Å². The van der Waals surface area contributed by atoms with Crippen molar-refractivity contribution in [1.29, 1.82) is 0 Å². The highest BCUT2D eigenvalue weighted by Gasteiger charge is 2.23. The number of ether oxygens (including phenoxy) is 2. The predicted octanol–water partition coefficient (Wildman–Crippen LogP) is 7.63. The molecule has 0 saturated carbocycles. The normalized spacial score (nSPS) is 11.7. The first kappa shape index (κ1) is 25.9. The van der Waals surface area contributed by atoms with Crippen LogP contribution in [-0.2, 0) is 20.0 Å². The molecule has 0 unspecified atom stereocenters. The molecule has 0 aromatic heterocycles. The van der Waals surface area contributed by atoms with Gasteiger partial charge in [-0.1, -0.05) is 26.0 Å². The molecule has 0 saturated heterocycles. The molecule has 0 spiro atoms. The molecule has 30 heavy (non-hydrogen) atoms. The smallest absolute Gasteiger partial charge is 0.330 e. The number of rotatable bonds is 11. The van der Waals surface area contributed by atoms with E-state index in [0.29, 0.717) is 37.5 Å². The number of aryl methyl sites for hydroxylation is 1. The third-order valence-electron chi connectivity index (χ3n) is 4.43. The fourth-order valence-electron chi connectivity index (χ4n) is 3.07. The molecule has 2 rings (SSSR count). The van der Waals surface area contributed by atoms with Crippen molar-refractivity contribution >= 4 is 52.8 Å². The Morgan fingerprint density at radius 3 is 2.13 bits per heavy atom. The zero-order valence-corrected chi connectivity index (χ0v) is 23.2. The summed E-state index contributed by atoms with van der Waals surface area (Å²) in [6, 6.07) is 9.80. The standard InChI is InChI=1S/C22H29I2O5P/c1-6-27-30(25,28-7-2)13-12-16-8-10-17(11-9-16)29-19-14-18(23)20(15(3)4)21(24)22(19)26-5/h8-11,14-15H,6-7,12-13H2,1-5H3. The summed E-state index contributed by atoms with van der Waals surface area (Å²) in [5, 5.41) is 0. The Balaban J connectivity index is 2.15. The van der Waals surface area contributed by atoms with E-state index in [1.54, 1.807) is 7.11 Å². The van der Waals surface area contributed by atoms with Gasteiger partial charge in [0.05, 0.1) is 30.1 Å². The average molecular weight is 658 g/mol. The average Bonchev–Trinajstić information content (AvgIpc) is 2.67. The molecule has 2 aromatic rings. The van der Waals surface area contributed by atoms with E-state index in [1.165, 1.54) is 5.56 Å². The van der Waals surface area contributed by atoms with E-state index in [2.05, 4.69) is 59.0 Å². The van der Waals surface area contributed by atoms with Crippen LogP contribution in [0.4, 0.5) is 0 Å². The molecule has 0 heterocycles. The second-order valence-corrected chi connectivity index (χ2v) is 11.4. The molecule has 0 aliphatic rings. The highest BCUT2D eigenvalue weighted by Crippen LogP contribution is 2.48. The SMILES string of the molecule is CCOP(=O)(CCc1ccc(Oc2cc(I)c(C(C)C)c(I)c2OC)cc1)OCC. The number of hydrogen-bond acceptors (Lipinski definition) is 5. The fourth-order valence-corrected chi connectivity index (χ4v) is 7.81. The van der Waals surface area contributed by atoms with E-state index in [-0.39, 0.29) is 0 Å². The summed E-state index contributed by atoms with van der Waals surface area (Å²) in [5.74, 6) is 2.56. The molecule has 0 aliphatic carbocycles. The molecule has 0 N–H and O–H groups in total. The van der Waals surface area contributed by atoms with Crippen LogP contribution in [-0.4, -0.2) is 26.5 Å². The van der Waals surface area contributed by atoms with Crippen molar-refractivity contribution in [2.75, 3.05) is 26.5 Å². The summed E-state index contributed by atoms with van der Waals surface area (Å²) < 4.78 is 37.4. The first-order valence-corrected chi connectivity index (χ1v) is 13.8. The van der Waals surface area contributed by atoms with Gasteiger partial charge in [-0.05, 0) is 101 Å². The first-order valence-electron chi connectivity index (χ1n) is 9.95. The van der Waals surface area contributed by atoms with E-state index in [4.69, 9.17) is 18.5 Å². The Morgan fingerprint density at radius 1 is 1.03 bits per heavy atom. The highest BCUT2D eigenvalue weighted by atomic mass is 127. The number of halogens is 2. The van der Waals surface area contributed by atoms with Gasteiger partial charge >= 0.3 is 7.60 Å². The second-order valence-electron chi connectivity index (χ2n) is 6.94. The lowest BCUT2D eigenvalue weighted by atomic mass is 10.0. The lowest BCUT2D eigenvalue weighted by Gasteiger charge is -2.19. The lowest BCUT2D eigenvalue weighted by Crippen LogP contribution is -2.03. The van der Waals surface area contributed by atoms with Crippen LogP contribution in [0.25, 0.3) is 0 Å². The van der Waals surface area contributed by atoms with Gasteiger partial charge in [-0.3, -0.25) is 4.57 Å². The largest absolute Gasteiger partial charge is 0.492 e. The van der Waals surface area contributed by atoms with Crippen LogP contribution in [0.3, 0.4) is 0 Å². The van der Waals surface area contributed by atoms with Crippen LogP contribution in [0.2, 0.25) is 0 Å². The van der Waals surface area contributed by atoms with Crippen LogP contribution in [0.1, 0.15) is 44.7 Å². The monoisotopic (exact) mass is 658 g/mol. The zero-order valence-electron chi connectivity index (χ0n) is 18.0. The Morgan fingerprint density at radius 2 is 1.63 bits per heavy atom. The van der Waals surface area contributed by atoms with Gasteiger partial charge in [0.1, 0.15) is 5.75 Å². The van der Waals surface area contributed by atoms with Crippen molar-refractivity contribution < 1.29 is 23.1 Å². The predicted molar refractivity (Wildman–Crippen MR) is 138 cm³/mol. The van der Waals surface area contributed by atoms with Crippen molar-refractivity contribution in [3.05, 3.63) is 48.6 Å². The van der Waals surface area contributed by atoms with Gasteiger partial charge in [0.25, 0.3) is 0 Å². The lowest BCUT2D eigenvalue weighted by molar-refractivity contribution is 0.220. The molecule has 0 bridgehead atoms. The van der Waals surface area contributed by atoms with Gasteiger partial charge in [-0.2, -0.15) is 0 Å². The summed E-state index contributed by atoms with van der Waals surface area (Å²) in [7, 11) is -1.37. The van der Waals surface area contributed by atoms with E-state index < -0.39 is 7.60 Å². The van der Waals surface area contributed by atoms with Crippen LogP contribution in [0.5, 0.6) is 17.2 Å². The van der Waals surface area contributed by atoms with Crippen molar-refractivity contribution in [1.82, 2.24) is 0 Å². The second kappa shape index (κ2) is 12.0. The molecule has 8 heteroatoms. The van der Waals surface area contributed by atoms with Gasteiger partial charge in [0.15, 0.2) is 11.5 Å². The summed E-state index contributed by atoms with van der Waals surface area (Å²) in [6.07, 6.45) is 0.968. The highest BCUT2D eigenvalue weighted by molar-refractivity contribution is 14.1. The molecule has 166 valence electrons. The Bertz CT molecular complexity index is 874. The molecule has 0 atom stereocenters. The van der Waals surface area contributed by atoms with Crippen LogP contribution >= 0.6 is 52.8 Å². The summed E-state index contributed by atoms with van der Waals surface area (Å²) in [5.41, 5.74) is 2.32. The van der Waals surface area contributed by atoms with Crippen molar-refractivity contribution in [2.45, 2.75) is 40.0 Å². The maximum absolute atomic E-state index is 12.6. The molecular formula is C22H29I2O5P. The third kappa shape index (κ3) is 6.82. The van der Waals surface area contributed by atoms with Gasteiger partial charge in [-0.25, -0.2) is 0 Å². The maximum Gasteiger partial charge on any atom is 0.330 e. The van der Waals surface area contributed by atoms with E-state index in [1.807, 2.05) is 44.2 Å². The Labute approximate surface area is 207 Å². The topological polar surface area (TPSA) is 54.0 Å². The number of benzene rings is 2. The molecule has 0 fully saturated rings. The molecule has 0 radical (unpaired) electrons. The summed E-state index contributed by atoms with van der Waals surface area (Å²) >= 11 is 4.68. The van der Waals surface area contributed by atoms with Gasteiger partial charge in [0, 0.05) is 3.57 Å². The van der Waals surface area contributed by atoms with E-state index in [9.17, 15) is 4.57 Å². The quantitative estimate of drug-likeness (QED) is 0.184. The minimum atomic E-state index is -3.04. The van der Waals surface area contributed by atoms with Crippen molar-refractivity contribution in [3.63, 3.8) is 0 Å². The number of hydrogen-bond donors (Lipinski definition) is 0. The Hall–Kier alpha value is -0.350. The number of methoxy groups -OCH3 is 1. The maximum atomic E-state index is 12.6. The fraction of sp³-hybridized carbons (Fsp3) is 0.455. The van der Waals surface area contributed by atoms with Crippen LogP contribution in [0.15, 0.2) is 30.3 Å². The van der Waals surface area contributed by atoms with E-state index >= 15 is 0 Å². The minimum absolute atomic E-state index is 0.357. The summed E-state index contributed by atoms with van der Waals surface area (Å²) in [4.78, 5) is 0. The van der Waals surface area contributed by atoms with E-state index in [0.717, 1.165) is 24.2 Å².